The highest BCUT2D eigenvalue weighted by molar-refractivity contribution is 5.37. The van der Waals surface area contributed by atoms with Crippen molar-refractivity contribution < 1.29 is 0 Å². The van der Waals surface area contributed by atoms with Gasteiger partial charge in [0.1, 0.15) is 0 Å². The number of aryl methyl sites for hydroxylation is 1. The summed E-state index contributed by atoms with van der Waals surface area (Å²) in [4.78, 5) is 0. The zero-order valence-electron chi connectivity index (χ0n) is 14.2. The van der Waals surface area contributed by atoms with Crippen molar-refractivity contribution in [3.8, 4) is 0 Å². The van der Waals surface area contributed by atoms with Gasteiger partial charge in [-0.2, -0.15) is 0 Å². The number of aromatic nitrogens is 1. The fourth-order valence-electron chi connectivity index (χ4n) is 4.64. The van der Waals surface area contributed by atoms with Crippen molar-refractivity contribution in [2.24, 2.45) is 22.0 Å². The Labute approximate surface area is 123 Å². The first-order chi connectivity index (χ1) is 8.99. The molecule has 2 nitrogen and oxygen atoms in total. The van der Waals surface area contributed by atoms with Gasteiger partial charge in [-0.1, -0.05) is 41.5 Å². The molecule has 0 amide bonds. The molecule has 1 heterocycles. The van der Waals surface area contributed by atoms with Crippen LogP contribution in [0, 0.1) is 23.2 Å². The maximum absolute atomic E-state index is 6.45. The number of nitrogens with two attached hydrogens (primary N) is 1. The summed E-state index contributed by atoms with van der Waals surface area (Å²) in [6.45, 7) is 16.6. The van der Waals surface area contributed by atoms with Gasteiger partial charge in [0.05, 0.1) is 0 Å². The van der Waals surface area contributed by atoms with Gasteiger partial charge in [-0.25, -0.2) is 0 Å². The Kier molecular flexibility index (Phi) is 2.63. The summed E-state index contributed by atoms with van der Waals surface area (Å²) in [5, 5.41) is 0. The average molecular weight is 274 g/mol. The lowest BCUT2D eigenvalue weighted by Crippen LogP contribution is -2.30. The molecule has 1 unspecified atom stereocenters. The van der Waals surface area contributed by atoms with Crippen LogP contribution in [-0.2, 0) is 6.42 Å². The second-order valence-corrected chi connectivity index (χ2v) is 9.06. The molecule has 0 saturated heterocycles. The molecule has 1 fully saturated rings. The van der Waals surface area contributed by atoms with Crippen LogP contribution in [0.4, 0.5) is 0 Å². The summed E-state index contributed by atoms with van der Waals surface area (Å²) in [7, 11) is 0. The van der Waals surface area contributed by atoms with Crippen molar-refractivity contribution in [3.63, 3.8) is 0 Å². The Morgan fingerprint density at radius 2 is 1.65 bits per heavy atom. The summed E-state index contributed by atoms with van der Waals surface area (Å²) < 4.78 is 2.62. The number of hydrogen-bond acceptors (Lipinski definition) is 1. The van der Waals surface area contributed by atoms with Crippen molar-refractivity contribution in [2.75, 3.05) is 0 Å². The molecule has 0 aliphatic heterocycles. The highest BCUT2D eigenvalue weighted by Crippen LogP contribution is 2.72. The molecule has 0 radical (unpaired) electrons. The largest absolute Gasteiger partial charge is 0.344 e. The van der Waals surface area contributed by atoms with Crippen LogP contribution in [-0.4, -0.2) is 4.57 Å². The molecule has 2 aliphatic carbocycles. The van der Waals surface area contributed by atoms with E-state index in [2.05, 4.69) is 59.1 Å². The first-order valence-corrected chi connectivity index (χ1v) is 7.95. The van der Waals surface area contributed by atoms with E-state index in [1.54, 1.807) is 0 Å². The second kappa shape index (κ2) is 3.71. The van der Waals surface area contributed by atoms with Crippen molar-refractivity contribution in [1.82, 2.24) is 4.57 Å². The molecule has 0 aromatic carbocycles. The lowest BCUT2D eigenvalue weighted by atomic mass is 9.74. The molecule has 2 heteroatoms. The number of hydrogen-bond donors (Lipinski definition) is 1. The fourth-order valence-corrected chi connectivity index (χ4v) is 4.64. The first kappa shape index (κ1) is 14.2. The summed E-state index contributed by atoms with van der Waals surface area (Å²) in [6, 6.07) is 3.17. The van der Waals surface area contributed by atoms with Gasteiger partial charge in [0.2, 0.25) is 0 Å². The summed E-state index contributed by atoms with van der Waals surface area (Å²) in [5.74, 6) is 0. The van der Waals surface area contributed by atoms with Gasteiger partial charge in [0.25, 0.3) is 0 Å². The average Bonchev–Trinajstić information content (AvgIpc) is 2.53. The number of nitrogens with zero attached hydrogens (tertiary/aromatic N) is 1. The van der Waals surface area contributed by atoms with Crippen molar-refractivity contribution in [3.05, 3.63) is 23.0 Å². The van der Waals surface area contributed by atoms with Crippen molar-refractivity contribution in [2.45, 2.75) is 73.4 Å². The van der Waals surface area contributed by atoms with Crippen molar-refractivity contribution >= 4 is 0 Å². The predicted octanol–water partition coefficient (Wildman–Crippen LogP) is 4.38. The molecule has 1 aromatic rings. The SMILES string of the molecule is Cc1cc2c(n1C1C(C)(C)C1(C)C)CC(C)(C)CC2N. The molecule has 1 aromatic heterocycles. The zero-order valence-corrected chi connectivity index (χ0v) is 14.2. The third-order valence-electron chi connectivity index (χ3n) is 6.39. The van der Waals surface area contributed by atoms with Crippen LogP contribution < -0.4 is 5.73 Å². The van der Waals surface area contributed by atoms with E-state index in [0.29, 0.717) is 22.3 Å². The van der Waals surface area contributed by atoms with Crippen LogP contribution in [0.25, 0.3) is 0 Å². The van der Waals surface area contributed by atoms with Gasteiger partial charge in [-0.15, -0.1) is 0 Å². The lowest BCUT2D eigenvalue weighted by molar-refractivity contribution is 0.273. The molecular formula is C18H30N2. The molecule has 20 heavy (non-hydrogen) atoms. The third-order valence-corrected chi connectivity index (χ3v) is 6.39. The third kappa shape index (κ3) is 1.67. The monoisotopic (exact) mass is 274 g/mol. The van der Waals surface area contributed by atoms with Gasteiger partial charge in [-0.3, -0.25) is 0 Å². The molecule has 3 rings (SSSR count). The zero-order chi connectivity index (χ0) is 15.1. The molecule has 0 spiro atoms. The Morgan fingerprint density at radius 3 is 2.15 bits per heavy atom. The van der Waals surface area contributed by atoms with E-state index in [4.69, 9.17) is 5.73 Å². The van der Waals surface area contributed by atoms with Crippen LogP contribution in [0.2, 0.25) is 0 Å². The van der Waals surface area contributed by atoms with Gasteiger partial charge < -0.3 is 10.3 Å². The molecule has 112 valence electrons. The Morgan fingerprint density at radius 1 is 1.10 bits per heavy atom. The topological polar surface area (TPSA) is 30.9 Å². The van der Waals surface area contributed by atoms with Crippen LogP contribution >= 0.6 is 0 Å². The van der Waals surface area contributed by atoms with Crippen LogP contribution in [0.3, 0.4) is 0 Å². The molecule has 1 saturated carbocycles. The minimum absolute atomic E-state index is 0.207. The maximum atomic E-state index is 6.45. The molecule has 0 bridgehead atoms. The van der Waals surface area contributed by atoms with Gasteiger partial charge in [0, 0.05) is 23.5 Å². The quantitative estimate of drug-likeness (QED) is 0.809. The van der Waals surface area contributed by atoms with Gasteiger partial charge >= 0.3 is 0 Å². The number of fused-ring (bicyclic) bond motifs is 1. The normalized spacial score (nSPS) is 30.1. The highest BCUT2D eigenvalue weighted by Gasteiger charge is 2.66. The van der Waals surface area contributed by atoms with E-state index < -0.39 is 0 Å². The Hall–Kier alpha value is -0.760. The minimum Gasteiger partial charge on any atom is -0.344 e. The minimum atomic E-state index is 0.207. The fraction of sp³-hybridized carbons (Fsp3) is 0.778. The van der Waals surface area contributed by atoms with E-state index in [1.165, 1.54) is 17.0 Å². The van der Waals surface area contributed by atoms with Crippen molar-refractivity contribution in [1.29, 1.82) is 0 Å². The Balaban J connectivity index is 2.12. The first-order valence-electron chi connectivity index (χ1n) is 7.95. The van der Waals surface area contributed by atoms with E-state index in [-0.39, 0.29) is 6.04 Å². The van der Waals surface area contributed by atoms with Crippen LogP contribution in [0.1, 0.15) is 77.0 Å². The lowest BCUT2D eigenvalue weighted by Gasteiger charge is -2.35. The molecular weight excluding hydrogens is 244 g/mol. The predicted molar refractivity (Wildman–Crippen MR) is 84.8 cm³/mol. The summed E-state index contributed by atoms with van der Waals surface area (Å²) in [5.41, 5.74) is 11.8. The standard InChI is InChI=1S/C18H30N2/c1-11-8-12-13(19)9-16(2,3)10-14(12)20(11)15-17(4,5)18(15,6)7/h8,13,15H,9-10,19H2,1-7H3. The molecule has 2 aliphatic rings. The molecule has 1 atom stereocenters. The van der Waals surface area contributed by atoms with Gasteiger partial charge in [-0.05, 0) is 47.6 Å². The number of rotatable bonds is 1. The van der Waals surface area contributed by atoms with Gasteiger partial charge in [0.15, 0.2) is 0 Å². The summed E-state index contributed by atoms with van der Waals surface area (Å²) in [6.07, 6.45) is 2.26. The molecule has 2 N–H and O–H groups in total. The van der Waals surface area contributed by atoms with E-state index in [0.717, 1.165) is 12.8 Å². The summed E-state index contributed by atoms with van der Waals surface area (Å²) >= 11 is 0. The van der Waals surface area contributed by atoms with E-state index >= 15 is 0 Å². The van der Waals surface area contributed by atoms with Crippen LogP contribution in [0.5, 0.6) is 0 Å². The van der Waals surface area contributed by atoms with E-state index in [9.17, 15) is 0 Å². The highest BCUT2D eigenvalue weighted by atomic mass is 15.1. The Bertz CT molecular complexity index is 546. The van der Waals surface area contributed by atoms with E-state index in [1.807, 2.05) is 0 Å². The van der Waals surface area contributed by atoms with Crippen LogP contribution in [0.15, 0.2) is 6.07 Å². The maximum Gasteiger partial charge on any atom is 0.0449 e. The smallest absolute Gasteiger partial charge is 0.0449 e. The second-order valence-electron chi connectivity index (χ2n) is 9.06.